The first-order chi connectivity index (χ1) is 7.49. The lowest BCUT2D eigenvalue weighted by Crippen LogP contribution is -2.26. The van der Waals surface area contributed by atoms with Crippen molar-refractivity contribution in [3.8, 4) is 5.75 Å². The number of rotatable bonds is 1. The van der Waals surface area contributed by atoms with Crippen LogP contribution in [-0.2, 0) is 5.41 Å². The highest BCUT2D eigenvalue weighted by atomic mass is 32.2. The highest BCUT2D eigenvalue weighted by Crippen LogP contribution is 2.40. The Morgan fingerprint density at radius 3 is 2.94 bits per heavy atom. The summed E-state index contributed by atoms with van der Waals surface area (Å²) in [5, 5.41) is 7.80. The molecule has 16 heavy (non-hydrogen) atoms. The summed E-state index contributed by atoms with van der Waals surface area (Å²) in [6.45, 7) is 5.05. The molecule has 2 rings (SSSR count). The molecule has 0 aliphatic carbocycles. The molecular formula is C12H14O3S. The Kier molecular flexibility index (Phi) is 2.84. The Labute approximate surface area is 98.8 Å². The third kappa shape index (κ3) is 2.16. The van der Waals surface area contributed by atoms with E-state index < -0.39 is 5.30 Å². The van der Waals surface area contributed by atoms with E-state index in [1.54, 1.807) is 0 Å². The molecule has 0 amide bonds. The molecule has 0 saturated carbocycles. The van der Waals surface area contributed by atoms with Crippen molar-refractivity contribution >= 4 is 17.1 Å². The number of hydrogen-bond donors (Lipinski definition) is 1. The van der Waals surface area contributed by atoms with E-state index in [9.17, 15) is 4.79 Å². The third-order valence-corrected chi connectivity index (χ3v) is 3.54. The summed E-state index contributed by atoms with van der Waals surface area (Å²) < 4.78 is 5.58. The molecule has 1 aliphatic rings. The van der Waals surface area contributed by atoms with Crippen LogP contribution in [0, 0.1) is 0 Å². The molecule has 3 nitrogen and oxygen atoms in total. The predicted molar refractivity (Wildman–Crippen MR) is 63.5 cm³/mol. The molecule has 0 unspecified atom stereocenters. The first-order valence-corrected chi connectivity index (χ1v) is 5.99. The van der Waals surface area contributed by atoms with Crippen LogP contribution in [0.25, 0.3) is 0 Å². The molecule has 1 aliphatic heterocycles. The molecule has 1 heterocycles. The summed E-state index contributed by atoms with van der Waals surface area (Å²) in [4.78, 5) is 11.3. The molecule has 0 bridgehead atoms. The summed E-state index contributed by atoms with van der Waals surface area (Å²) in [6.07, 6.45) is 0.991. The number of thioether (sulfide) groups is 1. The number of benzene rings is 1. The second-order valence-electron chi connectivity index (χ2n) is 4.51. The van der Waals surface area contributed by atoms with Crippen LogP contribution < -0.4 is 4.74 Å². The van der Waals surface area contributed by atoms with Gasteiger partial charge in [0.1, 0.15) is 5.75 Å². The molecule has 0 aromatic heterocycles. The minimum atomic E-state index is -0.894. The van der Waals surface area contributed by atoms with Crippen LogP contribution in [0.3, 0.4) is 0 Å². The molecule has 0 radical (unpaired) electrons. The lowest BCUT2D eigenvalue weighted by Gasteiger charge is -2.32. The SMILES string of the molecule is CC1(C)CCOc2cc(SC(=O)O)ccc21. The Bertz CT molecular complexity index is 426. The van der Waals surface area contributed by atoms with Gasteiger partial charge >= 0.3 is 5.30 Å². The number of carboxylic acid groups (broad SMARTS) is 1. The van der Waals surface area contributed by atoms with Crippen LogP contribution in [-0.4, -0.2) is 17.0 Å². The number of hydrogen-bond acceptors (Lipinski definition) is 3. The van der Waals surface area contributed by atoms with E-state index in [1.807, 2.05) is 18.2 Å². The summed E-state index contributed by atoms with van der Waals surface area (Å²) in [6, 6.07) is 5.63. The molecule has 0 saturated heterocycles. The Morgan fingerprint density at radius 2 is 2.25 bits per heavy atom. The van der Waals surface area contributed by atoms with Gasteiger partial charge in [-0.25, -0.2) is 4.79 Å². The van der Waals surface area contributed by atoms with Crippen molar-refractivity contribution < 1.29 is 14.6 Å². The van der Waals surface area contributed by atoms with Crippen molar-refractivity contribution in [2.45, 2.75) is 30.6 Å². The predicted octanol–water partition coefficient (Wildman–Crippen LogP) is 3.52. The van der Waals surface area contributed by atoms with Crippen LogP contribution in [0.4, 0.5) is 4.79 Å². The van der Waals surface area contributed by atoms with Gasteiger partial charge in [0.05, 0.1) is 6.61 Å². The van der Waals surface area contributed by atoms with E-state index in [2.05, 4.69) is 13.8 Å². The quantitative estimate of drug-likeness (QED) is 0.760. The largest absolute Gasteiger partial charge is 0.493 e. The van der Waals surface area contributed by atoms with Crippen molar-refractivity contribution in [3.05, 3.63) is 23.8 Å². The van der Waals surface area contributed by atoms with E-state index in [1.165, 1.54) is 0 Å². The molecule has 1 aromatic rings. The Morgan fingerprint density at radius 1 is 1.50 bits per heavy atom. The highest BCUT2D eigenvalue weighted by molar-refractivity contribution is 8.13. The van der Waals surface area contributed by atoms with E-state index in [4.69, 9.17) is 9.84 Å². The fourth-order valence-corrected chi connectivity index (χ4v) is 2.40. The van der Waals surface area contributed by atoms with Gasteiger partial charge in [0.2, 0.25) is 0 Å². The van der Waals surface area contributed by atoms with Gasteiger partial charge < -0.3 is 9.84 Å². The topological polar surface area (TPSA) is 46.5 Å². The zero-order valence-electron chi connectivity index (χ0n) is 9.32. The zero-order chi connectivity index (χ0) is 11.8. The van der Waals surface area contributed by atoms with E-state index in [0.717, 1.165) is 29.5 Å². The average Bonchev–Trinajstić information content (AvgIpc) is 2.15. The maximum Gasteiger partial charge on any atom is 0.369 e. The van der Waals surface area contributed by atoms with Crippen molar-refractivity contribution in [1.29, 1.82) is 0 Å². The number of fused-ring (bicyclic) bond motifs is 1. The minimum absolute atomic E-state index is 0.111. The van der Waals surface area contributed by atoms with Gasteiger partial charge in [-0.15, -0.1) is 0 Å². The van der Waals surface area contributed by atoms with E-state index >= 15 is 0 Å². The van der Waals surface area contributed by atoms with Crippen molar-refractivity contribution in [3.63, 3.8) is 0 Å². The smallest absolute Gasteiger partial charge is 0.369 e. The molecular weight excluding hydrogens is 224 g/mol. The van der Waals surface area contributed by atoms with Crippen molar-refractivity contribution in [2.24, 2.45) is 0 Å². The maximum absolute atomic E-state index is 10.6. The third-order valence-electron chi connectivity index (χ3n) is 2.87. The van der Waals surface area contributed by atoms with E-state index in [-0.39, 0.29) is 5.41 Å². The standard InChI is InChI=1S/C12H14O3S/c1-12(2)5-6-15-10-7-8(16-11(13)14)3-4-9(10)12/h3-4,7H,5-6H2,1-2H3,(H,13,14). The first kappa shape index (κ1) is 11.3. The molecule has 0 atom stereocenters. The summed E-state index contributed by atoms with van der Waals surface area (Å²) in [5.41, 5.74) is 1.27. The molecule has 0 spiro atoms. The molecule has 86 valence electrons. The van der Waals surface area contributed by atoms with Crippen LogP contribution >= 0.6 is 11.8 Å². The van der Waals surface area contributed by atoms with Crippen LogP contribution in [0.1, 0.15) is 25.8 Å². The van der Waals surface area contributed by atoms with Crippen LogP contribution in [0.2, 0.25) is 0 Å². The lowest BCUT2D eigenvalue weighted by molar-refractivity contribution is 0.222. The van der Waals surface area contributed by atoms with Gasteiger partial charge in [-0.3, -0.25) is 0 Å². The second kappa shape index (κ2) is 4.01. The lowest BCUT2D eigenvalue weighted by atomic mass is 9.80. The average molecular weight is 238 g/mol. The van der Waals surface area contributed by atoms with Gasteiger partial charge in [-0.05, 0) is 41.3 Å². The molecule has 0 fully saturated rings. The first-order valence-electron chi connectivity index (χ1n) is 5.17. The zero-order valence-corrected chi connectivity index (χ0v) is 10.1. The molecule has 1 N–H and O–H groups in total. The summed E-state index contributed by atoms with van der Waals surface area (Å²) >= 11 is 0.808. The van der Waals surface area contributed by atoms with Gasteiger partial charge in [-0.1, -0.05) is 19.9 Å². The van der Waals surface area contributed by atoms with E-state index in [0.29, 0.717) is 11.5 Å². The van der Waals surface area contributed by atoms with Gasteiger partial charge in [-0.2, -0.15) is 0 Å². The monoisotopic (exact) mass is 238 g/mol. The van der Waals surface area contributed by atoms with Crippen molar-refractivity contribution in [2.75, 3.05) is 6.61 Å². The number of carbonyl (C=O) groups is 1. The highest BCUT2D eigenvalue weighted by Gasteiger charge is 2.28. The Balaban J connectivity index is 2.36. The maximum atomic E-state index is 10.6. The van der Waals surface area contributed by atoms with Gasteiger partial charge in [0.25, 0.3) is 0 Å². The molecule has 4 heteroatoms. The fourth-order valence-electron chi connectivity index (χ4n) is 1.90. The van der Waals surface area contributed by atoms with Crippen molar-refractivity contribution in [1.82, 2.24) is 0 Å². The normalized spacial score (nSPS) is 17.4. The van der Waals surface area contributed by atoms with Crippen LogP contribution in [0.5, 0.6) is 5.75 Å². The van der Waals surface area contributed by atoms with Gasteiger partial charge in [0, 0.05) is 4.90 Å². The second-order valence-corrected chi connectivity index (χ2v) is 5.53. The van der Waals surface area contributed by atoms with Gasteiger partial charge in [0.15, 0.2) is 0 Å². The molecule has 1 aromatic carbocycles. The summed E-state index contributed by atoms with van der Waals surface area (Å²) in [7, 11) is 0. The fraction of sp³-hybridized carbons (Fsp3) is 0.417. The van der Waals surface area contributed by atoms with Crippen LogP contribution in [0.15, 0.2) is 23.1 Å². The minimum Gasteiger partial charge on any atom is -0.493 e. The summed E-state index contributed by atoms with van der Waals surface area (Å²) in [5.74, 6) is 0.822. The Hall–Kier alpha value is -1.16. The number of ether oxygens (including phenoxy) is 1.